The van der Waals surface area contributed by atoms with Gasteiger partial charge in [-0.25, -0.2) is 9.97 Å². The quantitative estimate of drug-likeness (QED) is 0.674. The number of hydrogen-bond donors (Lipinski definition) is 3. The molecule has 0 aliphatic rings. The van der Waals surface area contributed by atoms with Gasteiger partial charge in [0.2, 0.25) is 5.91 Å². The zero-order valence-electron chi connectivity index (χ0n) is 12.6. The highest BCUT2D eigenvalue weighted by Crippen LogP contribution is 2.09. The van der Waals surface area contributed by atoms with E-state index in [1.165, 1.54) is 0 Å². The van der Waals surface area contributed by atoms with Crippen molar-refractivity contribution in [3.05, 3.63) is 11.9 Å². The fourth-order valence-corrected chi connectivity index (χ4v) is 1.70. The van der Waals surface area contributed by atoms with Gasteiger partial charge in [-0.15, -0.1) is 0 Å². The first-order chi connectivity index (χ1) is 9.55. The zero-order valence-corrected chi connectivity index (χ0v) is 12.6. The van der Waals surface area contributed by atoms with Crippen LogP contribution in [0.15, 0.2) is 6.07 Å². The number of nitrogens with one attached hydrogen (secondary N) is 2. The van der Waals surface area contributed by atoms with Gasteiger partial charge in [0.15, 0.2) is 0 Å². The third-order valence-electron chi connectivity index (χ3n) is 2.94. The minimum Gasteiger partial charge on any atom is -0.384 e. The van der Waals surface area contributed by atoms with Crippen molar-refractivity contribution < 1.29 is 4.79 Å². The Morgan fingerprint density at radius 3 is 2.80 bits per heavy atom. The standard InChI is InChI=1S/C14H25N5O/c1-4-6-12-18-11(15)9-13(19-12)16-8-7-14(20)17-10(3)5-2/h9-10H,4-8H2,1-3H3,(H,17,20)(H3,15,16,18,19). The maximum absolute atomic E-state index is 11.6. The molecule has 0 aromatic carbocycles. The molecule has 0 spiro atoms. The molecule has 0 aliphatic carbocycles. The van der Waals surface area contributed by atoms with Crippen LogP contribution < -0.4 is 16.4 Å². The average molecular weight is 279 g/mol. The van der Waals surface area contributed by atoms with E-state index in [4.69, 9.17) is 5.73 Å². The Balaban J connectivity index is 2.43. The molecule has 112 valence electrons. The highest BCUT2D eigenvalue weighted by molar-refractivity contribution is 5.76. The molecule has 4 N–H and O–H groups in total. The summed E-state index contributed by atoms with van der Waals surface area (Å²) in [4.78, 5) is 20.2. The fourth-order valence-electron chi connectivity index (χ4n) is 1.70. The number of nitrogens with zero attached hydrogens (tertiary/aromatic N) is 2. The number of amides is 1. The Morgan fingerprint density at radius 2 is 2.15 bits per heavy atom. The summed E-state index contributed by atoms with van der Waals surface area (Å²) >= 11 is 0. The molecule has 20 heavy (non-hydrogen) atoms. The zero-order chi connectivity index (χ0) is 15.0. The summed E-state index contributed by atoms with van der Waals surface area (Å²) in [5.41, 5.74) is 5.73. The van der Waals surface area contributed by atoms with Gasteiger partial charge in [-0.05, 0) is 19.8 Å². The van der Waals surface area contributed by atoms with Gasteiger partial charge in [0, 0.05) is 31.5 Å². The molecule has 0 fully saturated rings. The highest BCUT2D eigenvalue weighted by Gasteiger charge is 2.06. The summed E-state index contributed by atoms with van der Waals surface area (Å²) < 4.78 is 0. The van der Waals surface area contributed by atoms with Crippen molar-refractivity contribution in [3.63, 3.8) is 0 Å². The van der Waals surface area contributed by atoms with E-state index in [0.717, 1.165) is 25.1 Å². The number of carbonyl (C=O) groups is 1. The topological polar surface area (TPSA) is 92.9 Å². The third-order valence-corrected chi connectivity index (χ3v) is 2.94. The van der Waals surface area contributed by atoms with Gasteiger partial charge in [0.05, 0.1) is 0 Å². The first-order valence-electron chi connectivity index (χ1n) is 7.21. The van der Waals surface area contributed by atoms with Crippen molar-refractivity contribution in [1.29, 1.82) is 0 Å². The van der Waals surface area contributed by atoms with Crippen LogP contribution >= 0.6 is 0 Å². The Kier molecular flexibility index (Phi) is 6.76. The summed E-state index contributed by atoms with van der Waals surface area (Å²) in [5, 5.41) is 6.04. The number of carbonyl (C=O) groups excluding carboxylic acids is 1. The van der Waals surface area contributed by atoms with Crippen LogP contribution in [-0.4, -0.2) is 28.5 Å². The van der Waals surface area contributed by atoms with E-state index in [-0.39, 0.29) is 11.9 Å². The SMILES string of the molecule is CCCc1nc(N)cc(NCCC(=O)NC(C)CC)n1. The summed E-state index contributed by atoms with van der Waals surface area (Å²) in [6.45, 7) is 6.64. The molecule has 1 heterocycles. The molecule has 0 bridgehead atoms. The lowest BCUT2D eigenvalue weighted by molar-refractivity contribution is -0.121. The van der Waals surface area contributed by atoms with Crippen molar-refractivity contribution in [2.45, 2.75) is 52.5 Å². The first kappa shape index (κ1) is 16.2. The Morgan fingerprint density at radius 1 is 1.40 bits per heavy atom. The van der Waals surface area contributed by atoms with Crippen LogP contribution in [0.25, 0.3) is 0 Å². The molecule has 0 saturated heterocycles. The maximum Gasteiger partial charge on any atom is 0.221 e. The maximum atomic E-state index is 11.6. The van der Waals surface area contributed by atoms with Crippen LogP contribution in [0, 0.1) is 0 Å². The summed E-state index contributed by atoms with van der Waals surface area (Å²) in [7, 11) is 0. The number of nitrogen functional groups attached to an aromatic ring is 1. The number of anilines is 2. The molecule has 0 radical (unpaired) electrons. The van der Waals surface area contributed by atoms with Crippen molar-refractivity contribution in [2.75, 3.05) is 17.6 Å². The molecule has 0 aliphatic heterocycles. The smallest absolute Gasteiger partial charge is 0.221 e. The van der Waals surface area contributed by atoms with Gasteiger partial charge in [0.1, 0.15) is 17.5 Å². The van der Waals surface area contributed by atoms with E-state index in [1.54, 1.807) is 6.07 Å². The van der Waals surface area contributed by atoms with Gasteiger partial charge >= 0.3 is 0 Å². The Labute approximate surface area is 120 Å². The molecule has 6 heteroatoms. The van der Waals surface area contributed by atoms with Gasteiger partial charge in [-0.1, -0.05) is 13.8 Å². The molecule has 0 saturated carbocycles. The van der Waals surface area contributed by atoms with Crippen molar-refractivity contribution >= 4 is 17.5 Å². The van der Waals surface area contributed by atoms with E-state index >= 15 is 0 Å². The minimum atomic E-state index is 0.0441. The Hall–Kier alpha value is -1.85. The van der Waals surface area contributed by atoms with Crippen molar-refractivity contribution in [3.8, 4) is 0 Å². The molecule has 1 unspecified atom stereocenters. The number of rotatable bonds is 8. The Bertz CT molecular complexity index is 436. The van der Waals surface area contributed by atoms with Crippen LogP contribution in [0.5, 0.6) is 0 Å². The second kappa shape index (κ2) is 8.35. The number of aromatic nitrogens is 2. The molecular formula is C14H25N5O. The van der Waals surface area contributed by atoms with Crippen molar-refractivity contribution in [2.24, 2.45) is 0 Å². The lowest BCUT2D eigenvalue weighted by Gasteiger charge is -2.12. The van der Waals surface area contributed by atoms with Crippen LogP contribution in [0.3, 0.4) is 0 Å². The van der Waals surface area contributed by atoms with E-state index in [2.05, 4.69) is 27.5 Å². The van der Waals surface area contributed by atoms with E-state index in [9.17, 15) is 4.79 Å². The molecule has 1 rings (SSSR count). The largest absolute Gasteiger partial charge is 0.384 e. The summed E-state index contributed by atoms with van der Waals surface area (Å²) in [6, 6.07) is 1.90. The number of hydrogen-bond acceptors (Lipinski definition) is 5. The molecule has 1 aromatic rings. The van der Waals surface area contributed by atoms with Crippen LogP contribution in [0.2, 0.25) is 0 Å². The normalized spacial score (nSPS) is 11.9. The molecular weight excluding hydrogens is 254 g/mol. The van der Waals surface area contributed by atoms with E-state index in [0.29, 0.717) is 24.6 Å². The van der Waals surface area contributed by atoms with E-state index < -0.39 is 0 Å². The minimum absolute atomic E-state index is 0.0441. The number of nitrogens with two attached hydrogens (primary N) is 1. The van der Waals surface area contributed by atoms with Crippen LogP contribution in [0.4, 0.5) is 11.6 Å². The lowest BCUT2D eigenvalue weighted by atomic mass is 10.2. The van der Waals surface area contributed by atoms with Crippen LogP contribution in [-0.2, 0) is 11.2 Å². The van der Waals surface area contributed by atoms with Gasteiger partial charge < -0.3 is 16.4 Å². The third kappa shape index (κ3) is 5.86. The molecule has 6 nitrogen and oxygen atoms in total. The summed E-state index contributed by atoms with van der Waals surface area (Å²) in [6.07, 6.45) is 3.12. The molecule has 1 atom stereocenters. The van der Waals surface area contributed by atoms with Gasteiger partial charge in [-0.3, -0.25) is 4.79 Å². The highest BCUT2D eigenvalue weighted by atomic mass is 16.1. The first-order valence-corrected chi connectivity index (χ1v) is 7.21. The van der Waals surface area contributed by atoms with Gasteiger partial charge in [-0.2, -0.15) is 0 Å². The van der Waals surface area contributed by atoms with Crippen molar-refractivity contribution in [1.82, 2.24) is 15.3 Å². The fraction of sp³-hybridized carbons (Fsp3) is 0.643. The summed E-state index contributed by atoms with van der Waals surface area (Å²) in [5.74, 6) is 1.91. The predicted octanol–water partition coefficient (Wildman–Crippen LogP) is 1.73. The molecule has 1 amide bonds. The molecule has 1 aromatic heterocycles. The van der Waals surface area contributed by atoms with E-state index in [1.807, 2.05) is 13.8 Å². The second-order valence-electron chi connectivity index (χ2n) is 4.90. The number of aryl methyl sites for hydroxylation is 1. The van der Waals surface area contributed by atoms with Gasteiger partial charge in [0.25, 0.3) is 0 Å². The predicted molar refractivity (Wildman–Crippen MR) is 81.4 cm³/mol. The van der Waals surface area contributed by atoms with Crippen LogP contribution in [0.1, 0.15) is 45.9 Å². The lowest BCUT2D eigenvalue weighted by Crippen LogP contribution is -2.33. The average Bonchev–Trinajstić information content (AvgIpc) is 2.38. The monoisotopic (exact) mass is 279 g/mol. The second-order valence-corrected chi connectivity index (χ2v) is 4.90.